The van der Waals surface area contributed by atoms with E-state index in [1.54, 1.807) is 0 Å². The van der Waals surface area contributed by atoms with Crippen LogP contribution in [0.2, 0.25) is 0 Å². The topological polar surface area (TPSA) is 36.5 Å². The minimum absolute atomic E-state index is 0.340. The predicted octanol–water partition coefficient (Wildman–Crippen LogP) is 1.85. The molecule has 0 radical (unpaired) electrons. The van der Waals surface area contributed by atoms with Gasteiger partial charge in [-0.05, 0) is 31.5 Å². The summed E-state index contributed by atoms with van der Waals surface area (Å²) in [5.41, 5.74) is 0. The van der Waals surface area contributed by atoms with Crippen LogP contribution < -0.4 is 10.6 Å². The molecule has 1 saturated carbocycles. The molecular formula is C14H27N3OS. The number of hydrogen-bond acceptors (Lipinski definition) is 3. The van der Waals surface area contributed by atoms with Crippen LogP contribution in [0.25, 0.3) is 0 Å². The number of nitrogens with zero attached hydrogens (tertiary/aromatic N) is 1. The summed E-state index contributed by atoms with van der Waals surface area (Å²) >= 11 is 5.47. The molecule has 19 heavy (non-hydrogen) atoms. The van der Waals surface area contributed by atoms with Gasteiger partial charge in [0.15, 0.2) is 5.11 Å². The van der Waals surface area contributed by atoms with Crippen molar-refractivity contribution in [3.05, 3.63) is 0 Å². The van der Waals surface area contributed by atoms with Gasteiger partial charge in [-0.2, -0.15) is 0 Å². The molecule has 4 nitrogen and oxygen atoms in total. The molecule has 1 atom stereocenters. The highest BCUT2D eigenvalue weighted by atomic mass is 32.1. The molecule has 0 aromatic rings. The number of hydrogen-bond donors (Lipinski definition) is 2. The zero-order valence-corrected chi connectivity index (χ0v) is 12.8. The van der Waals surface area contributed by atoms with E-state index in [0.29, 0.717) is 12.2 Å². The highest BCUT2D eigenvalue weighted by Crippen LogP contribution is 2.17. The SMILES string of the molecule is CCC(NC(=S)NC1CCCCC1)N1CCOCC1. The molecule has 5 heteroatoms. The van der Waals surface area contributed by atoms with Gasteiger partial charge in [0.05, 0.1) is 19.4 Å². The third-order valence-electron chi connectivity index (χ3n) is 4.11. The van der Waals surface area contributed by atoms with Crippen LogP contribution in [-0.2, 0) is 4.74 Å². The van der Waals surface area contributed by atoms with Crippen molar-refractivity contribution in [1.82, 2.24) is 15.5 Å². The zero-order chi connectivity index (χ0) is 13.5. The third kappa shape index (κ3) is 4.89. The lowest BCUT2D eigenvalue weighted by Crippen LogP contribution is -2.55. The number of thiocarbonyl (C=S) groups is 1. The van der Waals surface area contributed by atoms with Gasteiger partial charge in [0.2, 0.25) is 0 Å². The highest BCUT2D eigenvalue weighted by Gasteiger charge is 2.21. The molecule has 1 unspecified atom stereocenters. The number of morpholine rings is 1. The van der Waals surface area contributed by atoms with E-state index in [1.807, 2.05) is 0 Å². The minimum atomic E-state index is 0.340. The standard InChI is InChI=1S/C14H27N3OS/c1-2-13(17-8-10-18-11-9-17)16-14(19)15-12-6-4-3-5-7-12/h12-13H,2-11H2,1H3,(H2,15,16,19). The van der Waals surface area contributed by atoms with E-state index in [0.717, 1.165) is 37.8 Å². The first-order chi connectivity index (χ1) is 9.29. The Morgan fingerprint density at radius 1 is 1.26 bits per heavy atom. The molecule has 1 saturated heterocycles. The Kier molecular flexibility index (Phi) is 6.34. The number of nitrogens with one attached hydrogen (secondary N) is 2. The monoisotopic (exact) mass is 285 g/mol. The molecule has 1 aliphatic carbocycles. The molecule has 0 bridgehead atoms. The summed E-state index contributed by atoms with van der Waals surface area (Å²) < 4.78 is 5.40. The van der Waals surface area contributed by atoms with Crippen molar-refractivity contribution in [1.29, 1.82) is 0 Å². The van der Waals surface area contributed by atoms with Crippen LogP contribution in [0.5, 0.6) is 0 Å². The molecule has 2 fully saturated rings. The second-order valence-corrected chi connectivity index (χ2v) is 5.93. The Morgan fingerprint density at radius 2 is 1.95 bits per heavy atom. The lowest BCUT2D eigenvalue weighted by atomic mass is 9.96. The molecule has 2 N–H and O–H groups in total. The van der Waals surface area contributed by atoms with Crippen LogP contribution in [0.1, 0.15) is 45.4 Å². The maximum atomic E-state index is 5.47. The molecule has 0 aromatic carbocycles. The molecule has 2 aliphatic rings. The maximum Gasteiger partial charge on any atom is 0.167 e. The second-order valence-electron chi connectivity index (χ2n) is 5.53. The van der Waals surface area contributed by atoms with Crippen molar-refractivity contribution in [2.24, 2.45) is 0 Å². The fraction of sp³-hybridized carbons (Fsp3) is 0.929. The molecule has 1 aliphatic heterocycles. The minimum Gasteiger partial charge on any atom is -0.379 e. The lowest BCUT2D eigenvalue weighted by molar-refractivity contribution is 0.0124. The van der Waals surface area contributed by atoms with Gasteiger partial charge in [-0.25, -0.2) is 0 Å². The zero-order valence-electron chi connectivity index (χ0n) is 12.0. The Bertz CT molecular complexity index is 276. The first kappa shape index (κ1) is 15.0. The summed E-state index contributed by atoms with van der Waals surface area (Å²) in [6, 6.07) is 0.580. The van der Waals surface area contributed by atoms with E-state index in [4.69, 9.17) is 17.0 Å². The molecule has 1 heterocycles. The molecule has 0 spiro atoms. The summed E-state index contributed by atoms with van der Waals surface area (Å²) in [5.74, 6) is 0. The van der Waals surface area contributed by atoms with Crippen molar-refractivity contribution >= 4 is 17.3 Å². The quantitative estimate of drug-likeness (QED) is 0.771. The van der Waals surface area contributed by atoms with Gasteiger partial charge in [0, 0.05) is 19.1 Å². The molecule has 2 rings (SSSR count). The second kappa shape index (κ2) is 8.02. The van der Waals surface area contributed by atoms with Gasteiger partial charge < -0.3 is 15.4 Å². The van der Waals surface area contributed by atoms with Gasteiger partial charge in [-0.15, -0.1) is 0 Å². The van der Waals surface area contributed by atoms with Crippen LogP contribution >= 0.6 is 12.2 Å². The van der Waals surface area contributed by atoms with Crippen molar-refractivity contribution < 1.29 is 4.74 Å². The fourth-order valence-electron chi connectivity index (χ4n) is 2.97. The summed E-state index contributed by atoms with van der Waals surface area (Å²) in [7, 11) is 0. The van der Waals surface area contributed by atoms with Gasteiger partial charge in [-0.1, -0.05) is 26.2 Å². The number of ether oxygens (including phenoxy) is 1. The smallest absolute Gasteiger partial charge is 0.167 e. The van der Waals surface area contributed by atoms with E-state index in [2.05, 4.69) is 22.5 Å². The average Bonchev–Trinajstić information content (AvgIpc) is 2.47. The summed E-state index contributed by atoms with van der Waals surface area (Å²) in [6.07, 6.45) is 7.97. The van der Waals surface area contributed by atoms with Crippen molar-refractivity contribution in [2.75, 3.05) is 26.3 Å². The fourth-order valence-corrected chi connectivity index (χ4v) is 3.27. The summed E-state index contributed by atoms with van der Waals surface area (Å²) in [5, 5.41) is 7.78. The molecule has 110 valence electrons. The highest BCUT2D eigenvalue weighted by molar-refractivity contribution is 7.80. The van der Waals surface area contributed by atoms with Crippen LogP contribution in [0.15, 0.2) is 0 Å². The first-order valence-electron chi connectivity index (χ1n) is 7.68. The van der Waals surface area contributed by atoms with E-state index in [-0.39, 0.29) is 0 Å². The Morgan fingerprint density at radius 3 is 2.58 bits per heavy atom. The van der Waals surface area contributed by atoms with Gasteiger partial charge >= 0.3 is 0 Å². The summed E-state index contributed by atoms with van der Waals surface area (Å²) in [4.78, 5) is 2.43. The third-order valence-corrected chi connectivity index (χ3v) is 4.35. The van der Waals surface area contributed by atoms with Crippen molar-refractivity contribution in [3.63, 3.8) is 0 Å². The maximum absolute atomic E-state index is 5.47. The van der Waals surface area contributed by atoms with E-state index >= 15 is 0 Å². The Balaban J connectivity index is 1.74. The van der Waals surface area contributed by atoms with Crippen LogP contribution in [0.4, 0.5) is 0 Å². The first-order valence-corrected chi connectivity index (χ1v) is 8.09. The molecular weight excluding hydrogens is 258 g/mol. The Labute approximate surface area is 122 Å². The van der Waals surface area contributed by atoms with Crippen molar-refractivity contribution in [2.45, 2.75) is 57.7 Å². The average molecular weight is 285 g/mol. The van der Waals surface area contributed by atoms with Crippen molar-refractivity contribution in [3.8, 4) is 0 Å². The van der Waals surface area contributed by atoms with Gasteiger partial charge in [0.1, 0.15) is 0 Å². The van der Waals surface area contributed by atoms with Gasteiger partial charge in [0.25, 0.3) is 0 Å². The molecule has 0 amide bonds. The summed E-state index contributed by atoms with van der Waals surface area (Å²) in [6.45, 7) is 5.87. The van der Waals surface area contributed by atoms with Crippen LogP contribution in [0, 0.1) is 0 Å². The van der Waals surface area contributed by atoms with Crippen LogP contribution in [0.3, 0.4) is 0 Å². The van der Waals surface area contributed by atoms with Crippen LogP contribution in [-0.4, -0.2) is 48.5 Å². The molecule has 0 aromatic heterocycles. The van der Waals surface area contributed by atoms with E-state index in [9.17, 15) is 0 Å². The largest absolute Gasteiger partial charge is 0.379 e. The number of rotatable bonds is 4. The predicted molar refractivity (Wildman–Crippen MR) is 82.2 cm³/mol. The Hall–Kier alpha value is -0.390. The lowest BCUT2D eigenvalue weighted by Gasteiger charge is -2.35. The van der Waals surface area contributed by atoms with Gasteiger partial charge in [-0.3, -0.25) is 4.90 Å². The van der Waals surface area contributed by atoms with E-state index in [1.165, 1.54) is 32.1 Å². The van der Waals surface area contributed by atoms with E-state index < -0.39 is 0 Å². The normalized spacial score (nSPS) is 23.8.